The van der Waals surface area contributed by atoms with Crippen LogP contribution in [0.1, 0.15) is 46.1 Å². The van der Waals surface area contributed by atoms with Gasteiger partial charge in [-0.25, -0.2) is 4.98 Å². The van der Waals surface area contributed by atoms with E-state index < -0.39 is 5.95 Å². The summed E-state index contributed by atoms with van der Waals surface area (Å²) in [5.41, 5.74) is 6.86. The van der Waals surface area contributed by atoms with Crippen LogP contribution in [-0.4, -0.2) is 19.2 Å². The fourth-order valence-corrected chi connectivity index (χ4v) is 2.15. The van der Waals surface area contributed by atoms with Crippen molar-refractivity contribution in [3.8, 4) is 11.5 Å². The Morgan fingerprint density at radius 1 is 1.11 bits per heavy atom. The maximum Gasteiger partial charge on any atom is 0.232 e. The van der Waals surface area contributed by atoms with Gasteiger partial charge in [0.2, 0.25) is 5.95 Å². The predicted molar refractivity (Wildman–Crippen MR) is 119 cm³/mol. The summed E-state index contributed by atoms with van der Waals surface area (Å²) < 4.78 is 23.1. The van der Waals surface area contributed by atoms with E-state index >= 15 is 0 Å². The molecule has 0 amide bonds. The summed E-state index contributed by atoms with van der Waals surface area (Å²) in [4.78, 5) is 3.49. The molecule has 0 aliphatic carbocycles. The molecular formula is C22H34ClFN2O2. The van der Waals surface area contributed by atoms with Crippen LogP contribution in [0.2, 0.25) is 5.02 Å². The number of rotatable bonds is 6. The number of ether oxygens (including phenoxy) is 2. The zero-order valence-corrected chi connectivity index (χ0v) is 18.6. The molecule has 0 unspecified atom stereocenters. The number of nitrogens with zero attached hydrogens (tertiary/aromatic N) is 1. The number of nitrogens with two attached hydrogens (primary N) is 1. The molecule has 1 aromatic heterocycles. The number of pyridine rings is 1. The van der Waals surface area contributed by atoms with E-state index in [2.05, 4.69) is 11.6 Å². The van der Waals surface area contributed by atoms with Crippen molar-refractivity contribution >= 4 is 17.3 Å². The van der Waals surface area contributed by atoms with Crippen molar-refractivity contribution in [3.05, 3.63) is 59.7 Å². The van der Waals surface area contributed by atoms with Gasteiger partial charge in [-0.15, -0.1) is 6.58 Å². The number of halogens is 2. The Morgan fingerprint density at radius 3 is 2.14 bits per heavy atom. The molecule has 0 radical (unpaired) electrons. The van der Waals surface area contributed by atoms with Crippen molar-refractivity contribution < 1.29 is 13.9 Å². The zero-order valence-electron chi connectivity index (χ0n) is 17.9. The summed E-state index contributed by atoms with van der Waals surface area (Å²) in [6.45, 7) is 11.6. The van der Waals surface area contributed by atoms with Crippen LogP contribution in [0.25, 0.3) is 0 Å². The van der Waals surface area contributed by atoms with E-state index in [1.165, 1.54) is 13.3 Å². The monoisotopic (exact) mass is 412 g/mol. The molecule has 0 saturated heterocycles. The number of anilines is 1. The van der Waals surface area contributed by atoms with Gasteiger partial charge < -0.3 is 15.2 Å². The third-order valence-corrected chi connectivity index (χ3v) is 3.59. The molecule has 0 saturated carbocycles. The van der Waals surface area contributed by atoms with Gasteiger partial charge in [0.05, 0.1) is 20.4 Å². The second-order valence-corrected chi connectivity index (χ2v) is 5.24. The first kappa shape index (κ1) is 27.9. The van der Waals surface area contributed by atoms with Gasteiger partial charge in [0.15, 0.2) is 0 Å². The highest BCUT2D eigenvalue weighted by Crippen LogP contribution is 2.28. The Morgan fingerprint density at radius 2 is 1.68 bits per heavy atom. The van der Waals surface area contributed by atoms with Gasteiger partial charge in [0.1, 0.15) is 16.5 Å². The Labute approximate surface area is 174 Å². The maximum absolute atomic E-state index is 13.1. The first-order chi connectivity index (χ1) is 13.5. The lowest BCUT2D eigenvalue weighted by Crippen LogP contribution is -1.98. The smallest absolute Gasteiger partial charge is 0.232 e. The highest BCUT2D eigenvalue weighted by Gasteiger charge is 2.12. The summed E-state index contributed by atoms with van der Waals surface area (Å²) in [5.74, 6) is 0.723. The summed E-state index contributed by atoms with van der Waals surface area (Å²) in [7, 11) is 3.15. The lowest BCUT2D eigenvalue weighted by Gasteiger charge is -2.09. The highest BCUT2D eigenvalue weighted by atomic mass is 35.5. The van der Waals surface area contributed by atoms with Crippen molar-refractivity contribution in [1.29, 1.82) is 0 Å². The molecule has 0 fully saturated rings. The summed E-state index contributed by atoms with van der Waals surface area (Å²) in [5, 5.41) is 0.0541. The third-order valence-electron chi connectivity index (χ3n) is 3.21. The Balaban J connectivity index is 0. The third kappa shape index (κ3) is 10.8. The molecule has 6 heteroatoms. The van der Waals surface area contributed by atoms with Crippen molar-refractivity contribution in [3.63, 3.8) is 0 Å². The molecule has 158 valence electrons. The molecule has 0 spiro atoms. The first-order valence-electron chi connectivity index (χ1n) is 9.40. The van der Waals surface area contributed by atoms with Gasteiger partial charge in [0, 0.05) is 11.3 Å². The highest BCUT2D eigenvalue weighted by molar-refractivity contribution is 6.31. The predicted octanol–water partition coefficient (Wildman–Crippen LogP) is 6.72. The van der Waals surface area contributed by atoms with Gasteiger partial charge >= 0.3 is 0 Å². The molecule has 0 aliphatic heterocycles. The van der Waals surface area contributed by atoms with Gasteiger partial charge in [-0.05, 0) is 43.5 Å². The topological polar surface area (TPSA) is 57.4 Å². The van der Waals surface area contributed by atoms with E-state index in [1.807, 2.05) is 45.9 Å². The number of nitrogen functional groups attached to an aromatic ring is 1. The minimum atomic E-state index is -0.647. The second kappa shape index (κ2) is 18.1. The Hall–Kier alpha value is -2.27. The number of hydrogen-bond donors (Lipinski definition) is 1. The molecule has 2 rings (SSSR count). The maximum atomic E-state index is 13.1. The lowest BCUT2D eigenvalue weighted by molar-refractivity contribution is 0.404. The minimum Gasteiger partial charge on any atom is -0.497 e. The molecule has 4 nitrogen and oxygen atoms in total. The average Bonchev–Trinajstić information content (AvgIpc) is 2.75. The summed E-state index contributed by atoms with van der Waals surface area (Å²) in [6.07, 6.45) is 5.56. The zero-order chi connectivity index (χ0) is 21.9. The van der Waals surface area contributed by atoms with E-state index in [4.69, 9.17) is 26.8 Å². The van der Waals surface area contributed by atoms with Crippen molar-refractivity contribution in [2.75, 3.05) is 20.0 Å². The SMILES string of the molecule is C=CCCCc1c(OC)cnc(F)c1Cl.CC.CC.COc1ccc(N)cc1. The van der Waals surface area contributed by atoms with Crippen LogP contribution in [0.15, 0.2) is 43.1 Å². The fourth-order valence-electron chi connectivity index (χ4n) is 1.92. The number of methoxy groups -OCH3 is 2. The van der Waals surface area contributed by atoms with Crippen molar-refractivity contribution in [1.82, 2.24) is 4.98 Å². The Bertz CT molecular complexity index is 650. The van der Waals surface area contributed by atoms with E-state index in [0.717, 1.165) is 24.3 Å². The molecular weight excluding hydrogens is 379 g/mol. The molecule has 2 N–H and O–H groups in total. The van der Waals surface area contributed by atoms with Crippen LogP contribution >= 0.6 is 11.6 Å². The molecule has 0 bridgehead atoms. The van der Waals surface area contributed by atoms with Gasteiger partial charge in [-0.2, -0.15) is 4.39 Å². The number of aromatic nitrogens is 1. The largest absolute Gasteiger partial charge is 0.497 e. The van der Waals surface area contributed by atoms with Crippen LogP contribution in [0.3, 0.4) is 0 Å². The number of allylic oxidation sites excluding steroid dienone is 1. The van der Waals surface area contributed by atoms with E-state index in [0.29, 0.717) is 17.7 Å². The molecule has 0 aliphatic rings. The molecule has 1 heterocycles. The molecule has 0 atom stereocenters. The fraction of sp³-hybridized carbons (Fsp3) is 0.409. The number of benzene rings is 1. The molecule has 28 heavy (non-hydrogen) atoms. The van der Waals surface area contributed by atoms with Gasteiger partial charge in [-0.1, -0.05) is 45.4 Å². The van der Waals surface area contributed by atoms with E-state index in [-0.39, 0.29) is 5.02 Å². The van der Waals surface area contributed by atoms with Crippen LogP contribution in [0, 0.1) is 5.95 Å². The number of unbranched alkanes of at least 4 members (excludes halogenated alkanes) is 1. The Kier molecular flexibility index (Phi) is 18.1. The lowest BCUT2D eigenvalue weighted by atomic mass is 10.1. The molecule has 2 aromatic rings. The minimum absolute atomic E-state index is 0.0541. The van der Waals surface area contributed by atoms with E-state index in [1.54, 1.807) is 19.2 Å². The van der Waals surface area contributed by atoms with E-state index in [9.17, 15) is 4.39 Å². The van der Waals surface area contributed by atoms with Gasteiger partial charge in [-0.3, -0.25) is 0 Å². The van der Waals surface area contributed by atoms with Crippen LogP contribution < -0.4 is 15.2 Å². The van der Waals surface area contributed by atoms with Crippen LogP contribution in [0.5, 0.6) is 11.5 Å². The quantitative estimate of drug-likeness (QED) is 0.247. The number of hydrogen-bond acceptors (Lipinski definition) is 4. The van der Waals surface area contributed by atoms with Crippen LogP contribution in [0.4, 0.5) is 10.1 Å². The first-order valence-corrected chi connectivity index (χ1v) is 9.78. The summed E-state index contributed by atoms with van der Waals surface area (Å²) in [6, 6.07) is 7.27. The second-order valence-electron chi connectivity index (χ2n) is 4.86. The van der Waals surface area contributed by atoms with Crippen molar-refractivity contribution in [2.45, 2.75) is 47.0 Å². The standard InChI is InChI=1S/C11H13ClFNO.C7H9NO.2C2H6/c1-3-4-5-6-8-9(15-2)7-14-11(13)10(8)12;1-9-7-4-2-6(8)3-5-7;2*1-2/h3,7H,1,4-6H2,2H3;2-5H,8H2,1H3;2*1-2H3. The molecule has 1 aromatic carbocycles. The normalized spacial score (nSPS) is 8.71. The van der Waals surface area contributed by atoms with Crippen LogP contribution in [-0.2, 0) is 6.42 Å². The van der Waals surface area contributed by atoms with Gasteiger partial charge in [0.25, 0.3) is 0 Å². The summed E-state index contributed by atoms with van der Waals surface area (Å²) >= 11 is 5.81. The van der Waals surface area contributed by atoms with Crippen molar-refractivity contribution in [2.24, 2.45) is 0 Å². The average molecular weight is 413 g/mol.